The van der Waals surface area contributed by atoms with Gasteiger partial charge in [-0.3, -0.25) is 4.79 Å². The van der Waals surface area contributed by atoms with E-state index in [9.17, 15) is 13.6 Å². The third-order valence-corrected chi connectivity index (χ3v) is 2.20. The summed E-state index contributed by atoms with van der Waals surface area (Å²) in [6.45, 7) is 0.113. The van der Waals surface area contributed by atoms with Crippen LogP contribution in [0.4, 0.5) is 8.78 Å². The van der Waals surface area contributed by atoms with E-state index in [4.69, 9.17) is 11.3 Å². The van der Waals surface area contributed by atoms with Gasteiger partial charge in [-0.1, -0.05) is 11.2 Å². The summed E-state index contributed by atoms with van der Waals surface area (Å²) in [4.78, 5) is 13.7. The van der Waals surface area contributed by atoms with Crippen molar-refractivity contribution in [1.29, 1.82) is 0 Å². The van der Waals surface area contributed by atoms with E-state index in [-0.39, 0.29) is 13.1 Å². The SMILES string of the molecule is [N-]=[N+]=NCCNC(C(N)=O)c1c(F)cccc1F. The molecule has 6 nitrogen and oxygen atoms in total. The molecule has 0 aromatic heterocycles. The van der Waals surface area contributed by atoms with E-state index < -0.39 is 29.1 Å². The number of hydrogen-bond donors (Lipinski definition) is 2. The highest BCUT2D eigenvalue weighted by molar-refractivity contribution is 5.81. The van der Waals surface area contributed by atoms with Crippen molar-refractivity contribution in [2.75, 3.05) is 13.1 Å². The maximum Gasteiger partial charge on any atom is 0.239 e. The fourth-order valence-electron chi connectivity index (χ4n) is 1.44. The highest BCUT2D eigenvalue weighted by Gasteiger charge is 2.24. The fraction of sp³-hybridized carbons (Fsp3) is 0.300. The van der Waals surface area contributed by atoms with Crippen molar-refractivity contribution in [3.8, 4) is 0 Å². The molecule has 8 heteroatoms. The number of carbonyl (C=O) groups excluding carboxylic acids is 1. The lowest BCUT2D eigenvalue weighted by Crippen LogP contribution is -2.36. The van der Waals surface area contributed by atoms with Crippen molar-refractivity contribution in [2.45, 2.75) is 6.04 Å². The zero-order valence-corrected chi connectivity index (χ0v) is 9.31. The third-order valence-electron chi connectivity index (χ3n) is 2.20. The average Bonchev–Trinajstić information content (AvgIpc) is 2.31. The molecule has 96 valence electrons. The van der Waals surface area contributed by atoms with E-state index in [0.717, 1.165) is 12.1 Å². The van der Waals surface area contributed by atoms with Crippen LogP contribution in [0.2, 0.25) is 0 Å². The largest absolute Gasteiger partial charge is 0.368 e. The number of primary amides is 1. The van der Waals surface area contributed by atoms with E-state index in [2.05, 4.69) is 15.3 Å². The highest BCUT2D eigenvalue weighted by Crippen LogP contribution is 2.20. The summed E-state index contributed by atoms with van der Waals surface area (Å²) >= 11 is 0. The molecule has 1 atom stereocenters. The van der Waals surface area contributed by atoms with Crippen molar-refractivity contribution in [3.05, 3.63) is 45.8 Å². The van der Waals surface area contributed by atoms with Crippen molar-refractivity contribution >= 4 is 5.91 Å². The fourth-order valence-corrected chi connectivity index (χ4v) is 1.44. The van der Waals surface area contributed by atoms with Gasteiger partial charge in [-0.05, 0) is 17.7 Å². The molecule has 1 rings (SSSR count). The number of halogens is 2. The number of rotatable bonds is 6. The predicted molar refractivity (Wildman–Crippen MR) is 60.3 cm³/mol. The number of hydrogen-bond acceptors (Lipinski definition) is 3. The molecular formula is C10H11F2N5O. The summed E-state index contributed by atoms with van der Waals surface area (Å²) < 4.78 is 26.9. The predicted octanol–water partition coefficient (Wildman–Crippen LogP) is 1.39. The van der Waals surface area contributed by atoms with Crippen LogP contribution in [0, 0.1) is 11.6 Å². The first-order valence-electron chi connectivity index (χ1n) is 5.05. The van der Waals surface area contributed by atoms with E-state index >= 15 is 0 Å². The van der Waals surface area contributed by atoms with Gasteiger partial charge in [-0.15, -0.1) is 0 Å². The van der Waals surface area contributed by atoms with Crippen LogP contribution < -0.4 is 11.1 Å². The highest BCUT2D eigenvalue weighted by atomic mass is 19.1. The van der Waals surface area contributed by atoms with Crippen LogP contribution in [-0.2, 0) is 4.79 Å². The topological polar surface area (TPSA) is 104 Å². The summed E-state index contributed by atoms with van der Waals surface area (Å²) in [7, 11) is 0. The second-order valence-corrected chi connectivity index (χ2v) is 3.38. The Bertz CT molecular complexity index is 467. The first-order chi connectivity index (χ1) is 8.57. The minimum Gasteiger partial charge on any atom is -0.368 e. The summed E-state index contributed by atoms with van der Waals surface area (Å²) in [6, 6.07) is 1.94. The second kappa shape index (κ2) is 6.53. The number of nitrogens with two attached hydrogens (primary N) is 1. The smallest absolute Gasteiger partial charge is 0.239 e. The molecule has 0 fully saturated rings. The van der Waals surface area contributed by atoms with Gasteiger partial charge in [0.25, 0.3) is 0 Å². The third kappa shape index (κ3) is 3.41. The monoisotopic (exact) mass is 255 g/mol. The number of nitrogens with one attached hydrogen (secondary N) is 1. The Labute approximate surface area is 101 Å². The zero-order valence-electron chi connectivity index (χ0n) is 9.31. The maximum absolute atomic E-state index is 13.5. The van der Waals surface area contributed by atoms with Gasteiger partial charge in [0.2, 0.25) is 5.91 Å². The molecule has 0 saturated heterocycles. The molecule has 0 aliphatic carbocycles. The number of azide groups is 1. The van der Waals surface area contributed by atoms with Gasteiger partial charge >= 0.3 is 0 Å². The second-order valence-electron chi connectivity index (χ2n) is 3.38. The minimum atomic E-state index is -1.31. The van der Waals surface area contributed by atoms with Gasteiger partial charge in [0.15, 0.2) is 0 Å². The minimum absolute atomic E-state index is 0.0380. The van der Waals surface area contributed by atoms with Gasteiger partial charge in [0, 0.05) is 23.6 Å². The van der Waals surface area contributed by atoms with Crippen LogP contribution in [0.5, 0.6) is 0 Å². The van der Waals surface area contributed by atoms with Gasteiger partial charge in [0.1, 0.15) is 17.7 Å². The average molecular weight is 255 g/mol. The molecule has 0 saturated carbocycles. The van der Waals surface area contributed by atoms with Gasteiger partial charge in [-0.25, -0.2) is 8.78 Å². The van der Waals surface area contributed by atoms with Gasteiger partial charge in [0.05, 0.1) is 0 Å². The van der Waals surface area contributed by atoms with E-state index in [1.54, 1.807) is 0 Å². The Balaban J connectivity index is 2.91. The molecule has 0 spiro atoms. The number of carbonyl (C=O) groups is 1. The quantitative estimate of drug-likeness (QED) is 0.347. The molecule has 0 aliphatic rings. The van der Waals surface area contributed by atoms with Gasteiger partial charge < -0.3 is 11.1 Å². The van der Waals surface area contributed by atoms with Crippen LogP contribution in [0.3, 0.4) is 0 Å². The molecule has 1 aromatic carbocycles. The Kier molecular flexibility index (Phi) is 5.04. The van der Waals surface area contributed by atoms with E-state index in [0.29, 0.717) is 0 Å². The van der Waals surface area contributed by atoms with Crippen LogP contribution in [0.1, 0.15) is 11.6 Å². The summed E-state index contributed by atoms with van der Waals surface area (Å²) in [5.41, 5.74) is 12.7. The molecule has 0 aliphatic heterocycles. The van der Waals surface area contributed by atoms with Crippen LogP contribution in [0.15, 0.2) is 23.3 Å². The summed E-state index contributed by atoms with van der Waals surface area (Å²) in [6.07, 6.45) is 0. The van der Waals surface area contributed by atoms with Gasteiger partial charge in [-0.2, -0.15) is 0 Å². The molecule has 1 unspecified atom stereocenters. The lowest BCUT2D eigenvalue weighted by molar-refractivity contribution is -0.120. The molecule has 0 radical (unpaired) electrons. The molecule has 0 heterocycles. The van der Waals surface area contributed by atoms with E-state index in [1.165, 1.54) is 6.07 Å². The maximum atomic E-state index is 13.5. The summed E-state index contributed by atoms with van der Waals surface area (Å²) in [5, 5.41) is 5.75. The van der Waals surface area contributed by atoms with Crippen molar-refractivity contribution < 1.29 is 13.6 Å². The lowest BCUT2D eigenvalue weighted by Gasteiger charge is -2.16. The Morgan fingerprint density at radius 1 is 1.50 bits per heavy atom. The van der Waals surface area contributed by atoms with Crippen molar-refractivity contribution in [2.24, 2.45) is 10.8 Å². The normalized spacial score (nSPS) is 11.7. The first kappa shape index (κ1) is 13.9. The van der Waals surface area contributed by atoms with Crippen molar-refractivity contribution in [3.63, 3.8) is 0 Å². The lowest BCUT2D eigenvalue weighted by atomic mass is 10.0. The van der Waals surface area contributed by atoms with Crippen LogP contribution in [0.25, 0.3) is 10.4 Å². The molecule has 0 bridgehead atoms. The molecular weight excluding hydrogens is 244 g/mol. The Morgan fingerprint density at radius 3 is 2.61 bits per heavy atom. The molecule has 3 N–H and O–H groups in total. The summed E-state index contributed by atoms with van der Waals surface area (Å²) in [5.74, 6) is -2.65. The molecule has 1 amide bonds. The Morgan fingerprint density at radius 2 is 2.11 bits per heavy atom. The zero-order chi connectivity index (χ0) is 13.5. The Hall–Kier alpha value is -2.18. The van der Waals surface area contributed by atoms with Crippen LogP contribution >= 0.6 is 0 Å². The standard InChI is InChI=1S/C10H11F2N5O/c11-6-2-1-3-7(12)8(6)9(10(13)18)15-4-5-16-17-14/h1-3,9,15H,4-5H2,(H2,13,18). The molecule has 18 heavy (non-hydrogen) atoms. The number of amides is 1. The number of nitrogens with zero attached hydrogens (tertiary/aromatic N) is 3. The van der Waals surface area contributed by atoms with E-state index in [1.807, 2.05) is 0 Å². The van der Waals surface area contributed by atoms with Crippen LogP contribution in [-0.4, -0.2) is 19.0 Å². The molecule has 1 aromatic rings. The van der Waals surface area contributed by atoms with Crippen molar-refractivity contribution in [1.82, 2.24) is 5.32 Å². The number of benzene rings is 1. The first-order valence-corrected chi connectivity index (χ1v) is 5.05.